The van der Waals surface area contributed by atoms with E-state index >= 15 is 0 Å². The van der Waals surface area contributed by atoms with Gasteiger partial charge in [0.25, 0.3) is 0 Å². The molecule has 3 N–H and O–H groups in total. The number of phenols is 1. The maximum atomic E-state index is 14.4. The summed E-state index contributed by atoms with van der Waals surface area (Å²) in [6.45, 7) is 6.71. The Hall–Kier alpha value is -4.52. The molecule has 3 amide bonds. The van der Waals surface area contributed by atoms with Crippen molar-refractivity contribution in [3.8, 4) is 18.1 Å². The molecule has 0 bridgehead atoms. The highest BCUT2D eigenvalue weighted by Gasteiger charge is 2.48. The highest BCUT2D eigenvalue weighted by molar-refractivity contribution is 5.93. The minimum absolute atomic E-state index is 0.0583. The molecule has 1 aliphatic carbocycles. The Labute approximate surface area is 240 Å². The van der Waals surface area contributed by atoms with Crippen LogP contribution in [0.3, 0.4) is 0 Å². The zero-order chi connectivity index (χ0) is 30.3. The Kier molecular flexibility index (Phi) is 10.0. The summed E-state index contributed by atoms with van der Waals surface area (Å²) in [6.07, 6.45) is 5.45. The van der Waals surface area contributed by atoms with E-state index in [1.54, 1.807) is 57.2 Å². The van der Waals surface area contributed by atoms with E-state index in [4.69, 9.17) is 11.2 Å². The van der Waals surface area contributed by atoms with E-state index in [0.717, 1.165) is 0 Å². The summed E-state index contributed by atoms with van der Waals surface area (Å²) in [4.78, 5) is 54.2. The predicted molar refractivity (Wildman–Crippen MR) is 152 cm³/mol. The molecule has 4 unspecified atom stereocenters. The van der Waals surface area contributed by atoms with Crippen molar-refractivity contribution in [3.05, 3.63) is 65.2 Å². The van der Waals surface area contributed by atoms with Crippen LogP contribution in [0.1, 0.15) is 56.8 Å². The predicted octanol–water partition coefficient (Wildman–Crippen LogP) is 3.08. The van der Waals surface area contributed by atoms with Crippen LogP contribution < -0.4 is 10.6 Å². The maximum Gasteiger partial charge on any atom is 0.408 e. The lowest BCUT2D eigenvalue weighted by Crippen LogP contribution is -2.55. The molecule has 3 rings (SSSR count). The van der Waals surface area contributed by atoms with Gasteiger partial charge in [0.1, 0.15) is 30.0 Å². The van der Waals surface area contributed by atoms with Crippen LogP contribution in [-0.2, 0) is 30.3 Å². The van der Waals surface area contributed by atoms with Crippen molar-refractivity contribution in [3.63, 3.8) is 0 Å². The third-order valence-electron chi connectivity index (χ3n) is 6.60. The first-order chi connectivity index (χ1) is 19.3. The summed E-state index contributed by atoms with van der Waals surface area (Å²) in [7, 11) is 1.21. The van der Waals surface area contributed by atoms with Crippen LogP contribution in [0.5, 0.6) is 5.75 Å². The average molecular weight is 564 g/mol. The fourth-order valence-corrected chi connectivity index (χ4v) is 4.40. The number of alkyl carbamates (subject to hydrolysis) is 1. The first-order valence-electron chi connectivity index (χ1n) is 13.3. The molecule has 2 aromatic rings. The van der Waals surface area contributed by atoms with E-state index in [1.807, 2.05) is 6.92 Å². The van der Waals surface area contributed by atoms with Crippen molar-refractivity contribution in [2.75, 3.05) is 13.7 Å². The molecule has 1 aliphatic rings. The van der Waals surface area contributed by atoms with Crippen molar-refractivity contribution in [1.29, 1.82) is 0 Å². The molecular weight excluding hydrogens is 526 g/mol. The lowest BCUT2D eigenvalue weighted by molar-refractivity contribution is -0.145. The Balaban J connectivity index is 2.04. The molecule has 0 radical (unpaired) electrons. The molecule has 41 heavy (non-hydrogen) atoms. The average Bonchev–Trinajstić information content (AvgIpc) is 3.65. The molecule has 2 aromatic carbocycles. The number of hydrogen-bond acceptors (Lipinski definition) is 7. The van der Waals surface area contributed by atoms with Crippen LogP contribution in [0, 0.1) is 18.3 Å². The van der Waals surface area contributed by atoms with Gasteiger partial charge >= 0.3 is 12.1 Å². The summed E-state index contributed by atoms with van der Waals surface area (Å²) in [5, 5.41) is 15.0. The Morgan fingerprint density at radius 1 is 1.10 bits per heavy atom. The Morgan fingerprint density at radius 3 is 2.22 bits per heavy atom. The molecule has 1 fully saturated rings. The van der Waals surface area contributed by atoms with Gasteiger partial charge < -0.3 is 30.1 Å². The van der Waals surface area contributed by atoms with Gasteiger partial charge in [-0.15, -0.1) is 6.42 Å². The molecule has 0 saturated heterocycles. The number of carbonyl (C=O) groups excluding carboxylic acids is 4. The van der Waals surface area contributed by atoms with E-state index < -0.39 is 41.6 Å². The number of phenolic OH excluding ortho intramolecular Hbond substituents is 1. The number of aromatic hydroxyl groups is 1. The SMILES string of the molecule is C#Cc1ccc(C(C(=O)NCC(=O)OC)N(C(=O)C(Cc2ccc(O)cc2)NC(=O)OC(C)(C)C)C2CC2C)cc1. The number of benzene rings is 2. The van der Waals surface area contributed by atoms with E-state index in [0.29, 0.717) is 23.1 Å². The lowest BCUT2D eigenvalue weighted by Gasteiger charge is -2.35. The normalized spacial score (nSPS) is 17.3. The number of esters is 1. The lowest BCUT2D eigenvalue weighted by atomic mass is 9.99. The highest BCUT2D eigenvalue weighted by atomic mass is 16.6. The number of ether oxygens (including phenoxy) is 2. The van der Waals surface area contributed by atoms with Gasteiger partial charge in [-0.05, 0) is 68.5 Å². The van der Waals surface area contributed by atoms with Crippen LogP contribution in [0.4, 0.5) is 4.79 Å². The van der Waals surface area contributed by atoms with Crippen molar-refractivity contribution in [1.82, 2.24) is 15.5 Å². The molecule has 0 spiro atoms. The summed E-state index contributed by atoms with van der Waals surface area (Å²) in [5.41, 5.74) is 0.943. The molecule has 0 aliphatic heterocycles. The second kappa shape index (κ2) is 13.2. The molecule has 10 heteroatoms. The van der Waals surface area contributed by atoms with Gasteiger partial charge in [0, 0.05) is 18.0 Å². The van der Waals surface area contributed by atoms with Gasteiger partial charge in [-0.1, -0.05) is 37.1 Å². The van der Waals surface area contributed by atoms with E-state index in [2.05, 4.69) is 21.3 Å². The topological polar surface area (TPSA) is 134 Å². The molecule has 10 nitrogen and oxygen atoms in total. The van der Waals surface area contributed by atoms with Gasteiger partial charge in [0.05, 0.1) is 7.11 Å². The molecule has 0 aromatic heterocycles. The fraction of sp³-hybridized carbons (Fsp3) is 0.419. The zero-order valence-electron chi connectivity index (χ0n) is 24.0. The molecular formula is C31H37N3O7. The highest BCUT2D eigenvalue weighted by Crippen LogP contribution is 2.41. The van der Waals surface area contributed by atoms with Crippen LogP contribution >= 0.6 is 0 Å². The largest absolute Gasteiger partial charge is 0.508 e. The minimum atomic E-state index is -1.13. The van der Waals surface area contributed by atoms with Crippen molar-refractivity contribution in [2.45, 2.75) is 64.3 Å². The molecule has 218 valence electrons. The van der Waals surface area contributed by atoms with Gasteiger partial charge in [-0.2, -0.15) is 0 Å². The summed E-state index contributed by atoms with van der Waals surface area (Å²) >= 11 is 0. The van der Waals surface area contributed by atoms with Gasteiger partial charge in [0.15, 0.2) is 0 Å². The first kappa shape index (κ1) is 31.0. The second-order valence-corrected chi connectivity index (χ2v) is 11.1. The number of methoxy groups -OCH3 is 1. The number of hydrogen-bond donors (Lipinski definition) is 3. The third kappa shape index (κ3) is 8.73. The fourth-order valence-electron chi connectivity index (χ4n) is 4.40. The van der Waals surface area contributed by atoms with Crippen molar-refractivity contribution < 1.29 is 33.8 Å². The quantitative estimate of drug-likeness (QED) is 0.299. The molecule has 0 heterocycles. The van der Waals surface area contributed by atoms with Gasteiger partial charge in [-0.25, -0.2) is 4.79 Å². The second-order valence-electron chi connectivity index (χ2n) is 11.1. The first-order valence-corrected chi connectivity index (χ1v) is 13.3. The molecule has 4 atom stereocenters. The van der Waals surface area contributed by atoms with Crippen LogP contribution in [0.15, 0.2) is 48.5 Å². The van der Waals surface area contributed by atoms with E-state index in [-0.39, 0.29) is 30.7 Å². The standard InChI is InChI=1S/C31H37N3O7/c1-7-20-8-12-22(13-9-20)27(28(37)32-18-26(36)40-6)34(25-16-19(25)2)29(38)24(33-30(39)41-31(3,4)5)17-21-10-14-23(35)15-11-21/h1,8-15,19,24-25,27,35H,16-18H2,2-6H3,(H,32,37)(H,33,39). The zero-order valence-corrected chi connectivity index (χ0v) is 24.0. The van der Waals surface area contributed by atoms with E-state index in [9.17, 15) is 24.3 Å². The number of amides is 3. The number of nitrogens with one attached hydrogen (secondary N) is 2. The van der Waals surface area contributed by atoms with Gasteiger partial charge in [-0.3, -0.25) is 14.4 Å². The molecule has 1 saturated carbocycles. The summed E-state index contributed by atoms with van der Waals surface area (Å²) in [5.74, 6) is 0.951. The smallest absolute Gasteiger partial charge is 0.408 e. The van der Waals surface area contributed by atoms with Crippen molar-refractivity contribution in [2.24, 2.45) is 5.92 Å². The maximum absolute atomic E-state index is 14.4. The summed E-state index contributed by atoms with van der Waals surface area (Å²) in [6, 6.07) is 10.4. The number of carbonyl (C=O) groups is 4. The van der Waals surface area contributed by atoms with Crippen LogP contribution in [-0.4, -0.2) is 65.2 Å². The van der Waals surface area contributed by atoms with Gasteiger partial charge in [0.2, 0.25) is 11.8 Å². The summed E-state index contributed by atoms with van der Waals surface area (Å²) < 4.78 is 10.1. The Morgan fingerprint density at radius 2 is 1.71 bits per heavy atom. The van der Waals surface area contributed by atoms with E-state index in [1.165, 1.54) is 24.1 Å². The number of nitrogens with zero attached hydrogens (tertiary/aromatic N) is 1. The Bertz CT molecular complexity index is 1290. The van der Waals surface area contributed by atoms with Crippen LogP contribution in [0.25, 0.3) is 0 Å². The van der Waals surface area contributed by atoms with Crippen LogP contribution in [0.2, 0.25) is 0 Å². The monoisotopic (exact) mass is 563 g/mol. The van der Waals surface area contributed by atoms with Crippen molar-refractivity contribution >= 4 is 23.9 Å². The number of terminal acetylenes is 1. The third-order valence-corrected chi connectivity index (χ3v) is 6.60. The minimum Gasteiger partial charge on any atom is -0.508 e. The number of rotatable bonds is 10.